The highest BCUT2D eigenvalue weighted by Gasteiger charge is 2.58. The second-order valence-electron chi connectivity index (χ2n) is 9.84. The van der Waals surface area contributed by atoms with Crippen LogP contribution in [0.5, 0.6) is 0 Å². The molecule has 1 N–H and O–H groups in total. The molecular weight excluding hydrogens is 372 g/mol. The Morgan fingerprint density at radius 1 is 1.21 bits per heavy atom. The van der Waals surface area contributed by atoms with Crippen molar-refractivity contribution in [2.45, 2.75) is 77.7 Å². The zero-order valence-corrected chi connectivity index (χ0v) is 17.8. The Morgan fingerprint density at radius 3 is 2.71 bits per heavy atom. The van der Waals surface area contributed by atoms with Crippen LogP contribution in [0.15, 0.2) is 0 Å². The predicted octanol–water partition coefficient (Wildman–Crippen LogP) is 4.53. The van der Waals surface area contributed by atoms with Gasteiger partial charge in [0, 0.05) is 28.5 Å². The Labute approximate surface area is 170 Å². The summed E-state index contributed by atoms with van der Waals surface area (Å²) >= 11 is 1.66. The molecule has 2 saturated carbocycles. The number of fused-ring (bicyclic) bond motifs is 4. The molecule has 0 aromatic carbocycles. The van der Waals surface area contributed by atoms with Crippen LogP contribution in [-0.2, 0) is 20.7 Å². The molecule has 0 radical (unpaired) electrons. The first-order valence-corrected chi connectivity index (χ1v) is 11.7. The molecule has 1 aliphatic heterocycles. The van der Waals surface area contributed by atoms with Crippen LogP contribution >= 0.6 is 11.3 Å². The number of thiazole rings is 1. The number of esters is 1. The molecule has 0 bridgehead atoms. The molecule has 6 atom stereocenters. The summed E-state index contributed by atoms with van der Waals surface area (Å²) in [4.78, 5) is 31.0. The number of nitrogens with one attached hydrogen (secondary N) is 1. The molecule has 152 valence electrons. The van der Waals surface area contributed by atoms with Crippen molar-refractivity contribution < 1.29 is 14.3 Å². The second kappa shape index (κ2) is 6.54. The van der Waals surface area contributed by atoms with Gasteiger partial charge in [0.05, 0.1) is 11.6 Å². The lowest BCUT2D eigenvalue weighted by Gasteiger charge is -2.51. The van der Waals surface area contributed by atoms with Crippen molar-refractivity contribution in [3.8, 4) is 0 Å². The fourth-order valence-electron chi connectivity index (χ4n) is 6.53. The smallest absolute Gasteiger partial charge is 0.309 e. The van der Waals surface area contributed by atoms with Crippen molar-refractivity contribution >= 4 is 28.3 Å². The molecule has 3 aliphatic carbocycles. The molecule has 2 heterocycles. The minimum atomic E-state index is -0.0277. The van der Waals surface area contributed by atoms with Gasteiger partial charge in [-0.05, 0) is 37.5 Å². The second-order valence-corrected chi connectivity index (χ2v) is 10.9. The van der Waals surface area contributed by atoms with Crippen molar-refractivity contribution in [3.05, 3.63) is 10.6 Å². The fraction of sp³-hybridized carbons (Fsp3) is 0.773. The van der Waals surface area contributed by atoms with Crippen LogP contribution in [-0.4, -0.2) is 23.0 Å². The molecule has 4 aliphatic rings. The molecule has 1 amide bonds. The van der Waals surface area contributed by atoms with Gasteiger partial charge in [0.25, 0.3) is 0 Å². The van der Waals surface area contributed by atoms with E-state index in [4.69, 9.17) is 9.72 Å². The third-order valence-corrected chi connectivity index (χ3v) is 9.10. The molecule has 5 rings (SSSR count). The number of ether oxygens (including phenoxy) is 1. The van der Waals surface area contributed by atoms with Crippen LogP contribution in [0.3, 0.4) is 0 Å². The van der Waals surface area contributed by atoms with E-state index in [1.165, 1.54) is 4.88 Å². The van der Waals surface area contributed by atoms with E-state index in [1.54, 1.807) is 11.3 Å². The summed E-state index contributed by atoms with van der Waals surface area (Å²) in [7, 11) is 0. The molecule has 0 unspecified atom stereocenters. The van der Waals surface area contributed by atoms with Gasteiger partial charge >= 0.3 is 5.97 Å². The molecular formula is C22H30N2O3S. The minimum absolute atomic E-state index is 0.0137. The van der Waals surface area contributed by atoms with Gasteiger partial charge in [-0.15, -0.1) is 11.3 Å². The van der Waals surface area contributed by atoms with Crippen molar-refractivity contribution in [2.24, 2.45) is 29.1 Å². The summed E-state index contributed by atoms with van der Waals surface area (Å²) in [5, 5.41) is 3.85. The summed E-state index contributed by atoms with van der Waals surface area (Å²) in [6.07, 6.45) is 7.50. The normalized spacial score (nSPS) is 39.8. The van der Waals surface area contributed by atoms with Gasteiger partial charge in [-0.1, -0.05) is 33.6 Å². The zero-order chi connectivity index (χ0) is 19.6. The van der Waals surface area contributed by atoms with E-state index in [9.17, 15) is 9.59 Å². The Morgan fingerprint density at radius 2 is 1.96 bits per heavy atom. The number of anilines is 1. The van der Waals surface area contributed by atoms with Gasteiger partial charge in [-0.3, -0.25) is 9.59 Å². The molecule has 28 heavy (non-hydrogen) atoms. The zero-order valence-electron chi connectivity index (χ0n) is 17.0. The minimum Gasteiger partial charge on any atom is -0.461 e. The average molecular weight is 403 g/mol. The number of nitrogens with zero attached hydrogens (tertiary/aromatic N) is 1. The summed E-state index contributed by atoms with van der Waals surface area (Å²) in [6.45, 7) is 6.62. The molecule has 1 aromatic rings. The first-order chi connectivity index (χ1) is 13.4. The van der Waals surface area contributed by atoms with Crippen molar-refractivity contribution in [1.29, 1.82) is 0 Å². The van der Waals surface area contributed by atoms with Gasteiger partial charge in [0.2, 0.25) is 5.91 Å². The van der Waals surface area contributed by atoms with Gasteiger partial charge in [-0.2, -0.15) is 0 Å². The average Bonchev–Trinajstić information content (AvgIpc) is 3.35. The van der Waals surface area contributed by atoms with Crippen molar-refractivity contribution in [3.63, 3.8) is 0 Å². The highest BCUT2D eigenvalue weighted by Crippen LogP contribution is 2.59. The fourth-order valence-corrected chi connectivity index (χ4v) is 7.79. The Hall–Kier alpha value is -1.43. The number of carbonyl (C=O) groups is 2. The number of carbonyl (C=O) groups excluding carboxylic acids is 2. The third kappa shape index (κ3) is 2.74. The Bertz CT molecular complexity index is 815. The topological polar surface area (TPSA) is 68.3 Å². The number of amides is 1. The van der Waals surface area contributed by atoms with E-state index in [-0.39, 0.29) is 41.1 Å². The van der Waals surface area contributed by atoms with E-state index in [0.717, 1.165) is 55.8 Å². The first-order valence-electron chi connectivity index (χ1n) is 10.9. The molecule has 0 spiro atoms. The van der Waals surface area contributed by atoms with E-state index in [1.807, 2.05) is 6.92 Å². The van der Waals surface area contributed by atoms with Crippen LogP contribution in [0.2, 0.25) is 0 Å². The molecule has 1 aromatic heterocycles. The van der Waals surface area contributed by atoms with E-state index in [2.05, 4.69) is 19.2 Å². The van der Waals surface area contributed by atoms with Gasteiger partial charge in [0.15, 0.2) is 5.13 Å². The number of hydrogen-bond donors (Lipinski definition) is 1. The lowest BCUT2D eigenvalue weighted by molar-refractivity contribution is -0.149. The highest BCUT2D eigenvalue weighted by molar-refractivity contribution is 7.15. The lowest BCUT2D eigenvalue weighted by atomic mass is 9.54. The maximum atomic E-state index is 12.5. The van der Waals surface area contributed by atoms with Gasteiger partial charge in [-0.25, -0.2) is 4.98 Å². The van der Waals surface area contributed by atoms with Crippen LogP contribution in [0, 0.1) is 29.1 Å². The molecule has 3 fully saturated rings. The van der Waals surface area contributed by atoms with Crippen LogP contribution in [0.25, 0.3) is 0 Å². The van der Waals surface area contributed by atoms with Crippen LogP contribution in [0.4, 0.5) is 5.13 Å². The summed E-state index contributed by atoms with van der Waals surface area (Å²) in [6, 6.07) is 0. The quantitative estimate of drug-likeness (QED) is 0.738. The third-order valence-electron chi connectivity index (χ3n) is 8.11. The van der Waals surface area contributed by atoms with E-state index < -0.39 is 0 Å². The highest BCUT2D eigenvalue weighted by atomic mass is 32.1. The van der Waals surface area contributed by atoms with Crippen LogP contribution < -0.4 is 5.32 Å². The Kier molecular flexibility index (Phi) is 4.34. The van der Waals surface area contributed by atoms with E-state index >= 15 is 0 Å². The Balaban J connectivity index is 1.42. The van der Waals surface area contributed by atoms with Gasteiger partial charge in [0.1, 0.15) is 6.10 Å². The number of aromatic nitrogens is 1. The molecule has 6 heteroatoms. The maximum Gasteiger partial charge on any atom is 0.309 e. The van der Waals surface area contributed by atoms with Crippen molar-refractivity contribution in [2.75, 3.05) is 5.32 Å². The monoisotopic (exact) mass is 402 g/mol. The number of hydrogen-bond acceptors (Lipinski definition) is 5. The summed E-state index contributed by atoms with van der Waals surface area (Å²) < 4.78 is 5.90. The lowest BCUT2D eigenvalue weighted by Crippen LogP contribution is -2.50. The standard InChI is InChI=1S/C22H30N2O3S/c1-11-14-8-9-22(3)10-15-17(12(2)16(22)18(14)27-20(11)26)23-21(28-15)24-19(25)13-6-4-5-7-13/h11-14,16,18H,4-10H2,1-3H3,(H,23,24,25)/t11-,12-,14-,16+,18-,22-/m0/s1. The SMILES string of the molecule is C[C@@H]1C(=O)O[C@H]2[C@H]1CC[C@@]1(C)Cc3sc(NC(=O)C4CCCC4)nc3[C@@H](C)[C@H]21. The predicted molar refractivity (Wildman–Crippen MR) is 108 cm³/mol. The molecule has 5 nitrogen and oxygen atoms in total. The first kappa shape index (κ1) is 18.6. The van der Waals surface area contributed by atoms with Gasteiger partial charge < -0.3 is 10.1 Å². The summed E-state index contributed by atoms with van der Waals surface area (Å²) in [5.41, 5.74) is 1.25. The van der Waals surface area contributed by atoms with Crippen LogP contribution in [0.1, 0.15) is 75.8 Å². The largest absolute Gasteiger partial charge is 0.461 e. The molecule has 1 saturated heterocycles. The van der Waals surface area contributed by atoms with E-state index in [0.29, 0.717) is 11.8 Å². The number of rotatable bonds is 2. The maximum absolute atomic E-state index is 12.5. The summed E-state index contributed by atoms with van der Waals surface area (Å²) in [5.74, 6) is 1.17. The van der Waals surface area contributed by atoms with Crippen molar-refractivity contribution in [1.82, 2.24) is 4.98 Å².